The summed E-state index contributed by atoms with van der Waals surface area (Å²) in [6, 6.07) is 20.8. The van der Waals surface area contributed by atoms with Crippen molar-refractivity contribution in [2.75, 3.05) is 13.7 Å². The molecule has 0 aliphatic carbocycles. The number of esters is 1. The van der Waals surface area contributed by atoms with Gasteiger partial charge in [0.15, 0.2) is 0 Å². The van der Waals surface area contributed by atoms with E-state index in [9.17, 15) is 9.59 Å². The highest BCUT2D eigenvalue weighted by Gasteiger charge is 2.24. The van der Waals surface area contributed by atoms with Crippen molar-refractivity contribution >= 4 is 16.9 Å². The van der Waals surface area contributed by atoms with Gasteiger partial charge in [0, 0.05) is 17.7 Å². The molecule has 4 rings (SSSR count). The van der Waals surface area contributed by atoms with Crippen LogP contribution in [0.4, 0.5) is 0 Å². The molecule has 7 heteroatoms. The molecule has 0 fully saturated rings. The molecule has 0 saturated carbocycles. The summed E-state index contributed by atoms with van der Waals surface area (Å²) < 4.78 is 28.1. The van der Waals surface area contributed by atoms with E-state index in [-0.39, 0.29) is 17.8 Å². The van der Waals surface area contributed by atoms with E-state index in [2.05, 4.69) is 0 Å². The summed E-state index contributed by atoms with van der Waals surface area (Å²) in [4.78, 5) is 25.7. The highest BCUT2D eigenvalue weighted by atomic mass is 16.6. The van der Waals surface area contributed by atoms with Crippen molar-refractivity contribution in [2.45, 2.75) is 20.0 Å². The van der Waals surface area contributed by atoms with Crippen molar-refractivity contribution in [1.29, 1.82) is 0 Å². The zero-order valence-corrected chi connectivity index (χ0v) is 19.1. The van der Waals surface area contributed by atoms with E-state index >= 15 is 0 Å². The summed E-state index contributed by atoms with van der Waals surface area (Å²) in [6.45, 7) is 3.61. The molecule has 0 radical (unpaired) electrons. The predicted octanol–water partition coefficient (Wildman–Crippen LogP) is 5.59. The molecule has 0 bridgehead atoms. The fourth-order valence-electron chi connectivity index (χ4n) is 3.48. The van der Waals surface area contributed by atoms with Crippen molar-refractivity contribution in [3.8, 4) is 23.0 Å². The lowest BCUT2D eigenvalue weighted by atomic mass is 10.1. The van der Waals surface area contributed by atoms with Gasteiger partial charge in [-0.1, -0.05) is 36.4 Å². The molecule has 0 aliphatic rings. The Balaban J connectivity index is 1.67. The second kappa shape index (κ2) is 10.1. The second-order valence-corrected chi connectivity index (χ2v) is 7.42. The van der Waals surface area contributed by atoms with E-state index in [1.807, 2.05) is 18.2 Å². The van der Waals surface area contributed by atoms with Gasteiger partial charge in [0.05, 0.1) is 19.1 Å². The fourth-order valence-corrected chi connectivity index (χ4v) is 3.48. The number of carbonyl (C=O) groups excluding carboxylic acids is 1. The normalized spacial score (nSPS) is 11.6. The summed E-state index contributed by atoms with van der Waals surface area (Å²) >= 11 is 0. The molecule has 1 heterocycles. The lowest BCUT2D eigenvalue weighted by Crippen LogP contribution is -2.21. The van der Waals surface area contributed by atoms with Gasteiger partial charge in [0.2, 0.25) is 17.3 Å². The van der Waals surface area contributed by atoms with E-state index < -0.39 is 12.1 Å². The van der Waals surface area contributed by atoms with E-state index in [1.165, 1.54) is 0 Å². The van der Waals surface area contributed by atoms with E-state index in [1.54, 1.807) is 75.6 Å². The Labute approximate surface area is 196 Å². The Morgan fingerprint density at radius 1 is 0.941 bits per heavy atom. The number of hydrogen-bond donors (Lipinski definition) is 0. The fraction of sp³-hybridized carbons (Fsp3) is 0.185. The highest BCUT2D eigenvalue weighted by Crippen LogP contribution is 2.30. The van der Waals surface area contributed by atoms with Crippen LogP contribution in [0.25, 0.3) is 11.0 Å². The van der Waals surface area contributed by atoms with Crippen LogP contribution in [0.1, 0.15) is 24.4 Å². The molecule has 0 aliphatic heterocycles. The minimum atomic E-state index is -0.956. The standard InChI is InChI=1S/C27H24O7/c1-4-31-27(29)26(18-9-6-5-7-10-18)34-21-13-14-22-23(16-21)32-17(2)25(24(22)28)33-20-12-8-11-19(15-20)30-3/h5-16,26H,4H2,1-3H3. The van der Waals surface area contributed by atoms with Crippen molar-refractivity contribution in [3.05, 3.63) is 94.3 Å². The lowest BCUT2D eigenvalue weighted by Gasteiger charge is -2.18. The Bertz CT molecular complexity index is 1360. The van der Waals surface area contributed by atoms with Gasteiger partial charge in [-0.3, -0.25) is 4.79 Å². The van der Waals surface area contributed by atoms with Crippen LogP contribution in [-0.4, -0.2) is 19.7 Å². The van der Waals surface area contributed by atoms with Gasteiger partial charge in [0.1, 0.15) is 28.6 Å². The number of aryl methyl sites for hydroxylation is 1. The number of carbonyl (C=O) groups is 1. The molecule has 1 unspecified atom stereocenters. The first-order valence-electron chi connectivity index (χ1n) is 10.8. The molecule has 0 spiro atoms. The molecule has 3 aromatic carbocycles. The van der Waals surface area contributed by atoms with Gasteiger partial charge in [-0.25, -0.2) is 4.79 Å². The van der Waals surface area contributed by atoms with Crippen LogP contribution in [0.3, 0.4) is 0 Å². The van der Waals surface area contributed by atoms with E-state index in [0.29, 0.717) is 39.5 Å². The number of benzene rings is 3. The van der Waals surface area contributed by atoms with Crippen LogP contribution < -0.4 is 19.6 Å². The molecular formula is C27H24O7. The minimum Gasteiger partial charge on any atom is -0.497 e. The number of fused-ring (bicyclic) bond motifs is 1. The third-order valence-corrected chi connectivity index (χ3v) is 5.10. The van der Waals surface area contributed by atoms with Crippen molar-refractivity contribution < 1.29 is 28.2 Å². The predicted molar refractivity (Wildman–Crippen MR) is 127 cm³/mol. The van der Waals surface area contributed by atoms with Gasteiger partial charge in [-0.2, -0.15) is 0 Å². The Morgan fingerprint density at radius 2 is 1.71 bits per heavy atom. The molecule has 0 N–H and O–H groups in total. The summed E-state index contributed by atoms with van der Waals surface area (Å²) in [6.07, 6.45) is -0.956. The first-order valence-corrected chi connectivity index (χ1v) is 10.8. The smallest absolute Gasteiger partial charge is 0.352 e. The maximum atomic E-state index is 13.1. The maximum Gasteiger partial charge on any atom is 0.352 e. The van der Waals surface area contributed by atoms with Crippen molar-refractivity contribution in [1.82, 2.24) is 0 Å². The van der Waals surface area contributed by atoms with E-state index in [4.69, 9.17) is 23.4 Å². The van der Waals surface area contributed by atoms with Crippen molar-refractivity contribution in [2.24, 2.45) is 0 Å². The van der Waals surface area contributed by atoms with Crippen molar-refractivity contribution in [3.63, 3.8) is 0 Å². The average Bonchev–Trinajstić information content (AvgIpc) is 2.85. The van der Waals surface area contributed by atoms with Crippen LogP contribution >= 0.6 is 0 Å². The lowest BCUT2D eigenvalue weighted by molar-refractivity contribution is -0.151. The molecule has 0 amide bonds. The highest BCUT2D eigenvalue weighted by molar-refractivity contribution is 5.80. The van der Waals surface area contributed by atoms with Gasteiger partial charge >= 0.3 is 5.97 Å². The Morgan fingerprint density at radius 3 is 2.44 bits per heavy atom. The summed E-state index contributed by atoms with van der Waals surface area (Å²) in [5.41, 5.74) is 0.646. The molecule has 7 nitrogen and oxygen atoms in total. The van der Waals surface area contributed by atoms with Crippen LogP contribution in [0.2, 0.25) is 0 Å². The summed E-state index contributed by atoms with van der Waals surface area (Å²) in [5.74, 6) is 1.31. The zero-order valence-electron chi connectivity index (χ0n) is 19.1. The third-order valence-electron chi connectivity index (χ3n) is 5.10. The molecule has 1 aromatic heterocycles. The molecule has 4 aromatic rings. The SMILES string of the molecule is CCOC(=O)C(Oc1ccc2c(=O)c(Oc3cccc(OC)c3)c(C)oc2c1)c1ccccc1. The molecular weight excluding hydrogens is 436 g/mol. The van der Waals surface area contributed by atoms with Gasteiger partial charge < -0.3 is 23.4 Å². The largest absolute Gasteiger partial charge is 0.497 e. The first-order chi connectivity index (χ1) is 16.5. The zero-order chi connectivity index (χ0) is 24.1. The monoisotopic (exact) mass is 460 g/mol. The molecule has 34 heavy (non-hydrogen) atoms. The first kappa shape index (κ1) is 22.9. The Kier molecular flexibility index (Phi) is 6.82. The number of ether oxygens (including phenoxy) is 4. The van der Waals surface area contributed by atoms with Crippen LogP contribution in [0, 0.1) is 6.92 Å². The summed E-state index contributed by atoms with van der Waals surface area (Å²) in [5, 5.41) is 0.322. The number of hydrogen-bond acceptors (Lipinski definition) is 7. The average molecular weight is 460 g/mol. The minimum absolute atomic E-state index is 0.0862. The number of methoxy groups -OCH3 is 1. The number of rotatable bonds is 8. The van der Waals surface area contributed by atoms with Crippen LogP contribution in [0.15, 0.2) is 82.0 Å². The van der Waals surface area contributed by atoms with Crippen LogP contribution in [0.5, 0.6) is 23.0 Å². The van der Waals surface area contributed by atoms with Gasteiger partial charge in [-0.05, 0) is 38.1 Å². The molecule has 0 saturated heterocycles. The third kappa shape index (κ3) is 4.88. The van der Waals surface area contributed by atoms with Crippen LogP contribution in [-0.2, 0) is 9.53 Å². The van der Waals surface area contributed by atoms with Gasteiger partial charge in [-0.15, -0.1) is 0 Å². The quantitative estimate of drug-likeness (QED) is 0.317. The summed E-state index contributed by atoms with van der Waals surface area (Å²) in [7, 11) is 1.55. The molecule has 1 atom stereocenters. The van der Waals surface area contributed by atoms with E-state index in [0.717, 1.165) is 0 Å². The topological polar surface area (TPSA) is 84.2 Å². The maximum absolute atomic E-state index is 13.1. The Hall–Kier alpha value is -4.26. The second-order valence-electron chi connectivity index (χ2n) is 7.42. The van der Waals surface area contributed by atoms with Gasteiger partial charge in [0.25, 0.3) is 0 Å². The molecule has 174 valence electrons.